The zero-order chi connectivity index (χ0) is 15.0. The number of nitrogens with one attached hydrogen (secondary N) is 1. The summed E-state index contributed by atoms with van der Waals surface area (Å²) < 4.78 is 1.54. The molecule has 0 saturated heterocycles. The van der Waals surface area contributed by atoms with Gasteiger partial charge in [-0.05, 0) is 37.3 Å². The highest BCUT2D eigenvalue weighted by Crippen LogP contribution is 2.44. The zero-order valence-corrected chi connectivity index (χ0v) is 12.0. The lowest BCUT2D eigenvalue weighted by Gasteiger charge is -2.19. The Morgan fingerprint density at radius 1 is 1.52 bits per heavy atom. The molecule has 1 fully saturated rings. The molecular weight excluding hydrogens is 270 g/mol. The minimum absolute atomic E-state index is 0.0344. The van der Waals surface area contributed by atoms with E-state index in [1.165, 1.54) is 0 Å². The van der Waals surface area contributed by atoms with Gasteiger partial charge in [0.1, 0.15) is 5.69 Å². The number of nitro groups is 1. The molecule has 1 saturated carbocycles. The lowest BCUT2D eigenvalue weighted by atomic mass is 10.0. The summed E-state index contributed by atoms with van der Waals surface area (Å²) >= 11 is 0. The molecule has 7 nitrogen and oxygen atoms in total. The van der Waals surface area contributed by atoms with Gasteiger partial charge in [-0.1, -0.05) is 6.07 Å². The van der Waals surface area contributed by atoms with E-state index in [9.17, 15) is 10.1 Å². The third kappa shape index (κ3) is 2.58. The van der Waals surface area contributed by atoms with Gasteiger partial charge in [-0.3, -0.25) is 15.1 Å². The molecule has 0 spiro atoms. The smallest absolute Gasteiger partial charge is 0.333 e. The number of aromatic nitrogens is 3. The summed E-state index contributed by atoms with van der Waals surface area (Å²) in [6.07, 6.45) is 5.78. The van der Waals surface area contributed by atoms with Gasteiger partial charge in [0.2, 0.25) is 5.82 Å². The van der Waals surface area contributed by atoms with Crippen LogP contribution in [-0.4, -0.2) is 19.7 Å². The number of anilines is 1. The highest BCUT2D eigenvalue weighted by molar-refractivity contribution is 5.60. The molecule has 2 aromatic heterocycles. The van der Waals surface area contributed by atoms with Crippen LogP contribution in [0, 0.1) is 23.0 Å². The van der Waals surface area contributed by atoms with Crippen molar-refractivity contribution in [1.29, 1.82) is 0 Å². The summed E-state index contributed by atoms with van der Waals surface area (Å²) in [7, 11) is 1.72. The summed E-state index contributed by atoms with van der Waals surface area (Å²) in [5.74, 6) is 0.947. The number of nitrogens with zero attached hydrogens (tertiary/aromatic N) is 4. The molecule has 1 aliphatic rings. The van der Waals surface area contributed by atoms with Crippen molar-refractivity contribution in [1.82, 2.24) is 14.8 Å². The quantitative estimate of drug-likeness (QED) is 0.674. The van der Waals surface area contributed by atoms with E-state index in [4.69, 9.17) is 0 Å². The van der Waals surface area contributed by atoms with Crippen molar-refractivity contribution in [3.8, 4) is 0 Å². The molecule has 2 aromatic rings. The van der Waals surface area contributed by atoms with Crippen molar-refractivity contribution < 1.29 is 4.92 Å². The summed E-state index contributed by atoms with van der Waals surface area (Å²) in [6.45, 7) is 1.65. The van der Waals surface area contributed by atoms with Crippen LogP contribution in [0.5, 0.6) is 0 Å². The number of hydrogen-bond acceptors (Lipinski definition) is 5. The minimum Gasteiger partial charge on any atom is -0.357 e. The Morgan fingerprint density at radius 3 is 2.86 bits per heavy atom. The number of pyridine rings is 1. The van der Waals surface area contributed by atoms with Gasteiger partial charge in [0.25, 0.3) is 0 Å². The lowest BCUT2D eigenvalue weighted by Crippen LogP contribution is -2.16. The van der Waals surface area contributed by atoms with Crippen LogP contribution in [0.25, 0.3) is 0 Å². The van der Waals surface area contributed by atoms with Crippen LogP contribution in [0.1, 0.15) is 30.1 Å². The molecule has 0 aliphatic heterocycles. The monoisotopic (exact) mass is 287 g/mol. The van der Waals surface area contributed by atoms with Gasteiger partial charge in [0.15, 0.2) is 0 Å². The van der Waals surface area contributed by atoms with Crippen LogP contribution in [0.4, 0.5) is 11.5 Å². The van der Waals surface area contributed by atoms with Crippen molar-refractivity contribution in [3.63, 3.8) is 0 Å². The van der Waals surface area contributed by atoms with E-state index in [2.05, 4.69) is 15.4 Å². The van der Waals surface area contributed by atoms with Crippen molar-refractivity contribution in [3.05, 3.63) is 45.9 Å². The predicted octanol–water partition coefficient (Wildman–Crippen LogP) is 2.59. The first-order chi connectivity index (χ1) is 10.1. The molecule has 7 heteroatoms. The Labute approximate surface area is 122 Å². The second kappa shape index (κ2) is 5.16. The fourth-order valence-electron chi connectivity index (χ4n) is 2.64. The molecule has 21 heavy (non-hydrogen) atoms. The van der Waals surface area contributed by atoms with Crippen LogP contribution in [0.3, 0.4) is 0 Å². The van der Waals surface area contributed by atoms with Gasteiger partial charge in [-0.2, -0.15) is 5.10 Å². The van der Waals surface area contributed by atoms with Gasteiger partial charge < -0.3 is 5.32 Å². The molecule has 0 radical (unpaired) electrons. The van der Waals surface area contributed by atoms with E-state index in [1.54, 1.807) is 24.9 Å². The van der Waals surface area contributed by atoms with Crippen molar-refractivity contribution in [2.24, 2.45) is 13.0 Å². The summed E-state index contributed by atoms with van der Waals surface area (Å²) in [5, 5.41) is 18.7. The average Bonchev–Trinajstić information content (AvgIpc) is 3.23. The molecule has 2 heterocycles. The standard InChI is InChI=1S/C14H17N5O2/c1-9-13(19(20)21)14(18(2)17-9)16-12(10-5-6-10)11-4-3-7-15-8-11/h3-4,7-8,10,12,16H,5-6H2,1-2H3/t12-/m0/s1. The SMILES string of the molecule is Cc1nn(C)c(N[C@H](c2cccnc2)C2CC2)c1[N+](=O)[O-]. The van der Waals surface area contributed by atoms with Crippen molar-refractivity contribution in [2.45, 2.75) is 25.8 Å². The van der Waals surface area contributed by atoms with Crippen LogP contribution >= 0.6 is 0 Å². The summed E-state index contributed by atoms with van der Waals surface area (Å²) in [4.78, 5) is 15.0. The van der Waals surface area contributed by atoms with Gasteiger partial charge >= 0.3 is 5.69 Å². The van der Waals surface area contributed by atoms with Crippen molar-refractivity contribution in [2.75, 3.05) is 5.32 Å². The molecule has 1 atom stereocenters. The first kappa shape index (κ1) is 13.5. The molecule has 0 aromatic carbocycles. The molecule has 3 rings (SSSR count). The van der Waals surface area contributed by atoms with E-state index < -0.39 is 0 Å². The van der Waals surface area contributed by atoms with Gasteiger partial charge in [0, 0.05) is 19.4 Å². The Kier molecular flexibility index (Phi) is 3.32. The Hall–Kier alpha value is -2.44. The second-order valence-corrected chi connectivity index (χ2v) is 5.41. The van der Waals surface area contributed by atoms with Gasteiger partial charge in [-0.25, -0.2) is 4.68 Å². The highest BCUT2D eigenvalue weighted by atomic mass is 16.6. The predicted molar refractivity (Wildman–Crippen MR) is 77.9 cm³/mol. The Bertz CT molecular complexity index is 664. The number of rotatable bonds is 5. The fourth-order valence-corrected chi connectivity index (χ4v) is 2.64. The average molecular weight is 287 g/mol. The van der Waals surface area contributed by atoms with Crippen LogP contribution in [0.15, 0.2) is 24.5 Å². The maximum atomic E-state index is 11.3. The maximum Gasteiger partial charge on any atom is 0.333 e. The fraction of sp³-hybridized carbons (Fsp3) is 0.429. The Balaban J connectivity index is 1.96. The number of aryl methyl sites for hydroxylation is 2. The molecule has 110 valence electrons. The van der Waals surface area contributed by atoms with E-state index in [0.29, 0.717) is 17.4 Å². The van der Waals surface area contributed by atoms with Crippen LogP contribution in [-0.2, 0) is 7.05 Å². The van der Waals surface area contributed by atoms with Crippen molar-refractivity contribution >= 4 is 11.5 Å². The number of hydrogen-bond donors (Lipinski definition) is 1. The normalized spacial score (nSPS) is 15.7. The zero-order valence-electron chi connectivity index (χ0n) is 12.0. The molecule has 0 unspecified atom stereocenters. The largest absolute Gasteiger partial charge is 0.357 e. The molecule has 0 amide bonds. The first-order valence-electron chi connectivity index (χ1n) is 6.92. The summed E-state index contributed by atoms with van der Waals surface area (Å²) in [5.41, 5.74) is 1.52. The maximum absolute atomic E-state index is 11.3. The van der Waals surface area contributed by atoms with E-state index in [-0.39, 0.29) is 16.7 Å². The molecular formula is C14H17N5O2. The van der Waals surface area contributed by atoms with Gasteiger partial charge in [0.05, 0.1) is 11.0 Å². The first-order valence-corrected chi connectivity index (χ1v) is 6.92. The van der Waals surface area contributed by atoms with E-state index in [0.717, 1.165) is 18.4 Å². The van der Waals surface area contributed by atoms with Crippen LogP contribution in [0.2, 0.25) is 0 Å². The molecule has 1 aliphatic carbocycles. The third-order valence-electron chi connectivity index (χ3n) is 3.80. The van der Waals surface area contributed by atoms with E-state index >= 15 is 0 Å². The van der Waals surface area contributed by atoms with Gasteiger partial charge in [-0.15, -0.1) is 0 Å². The topological polar surface area (TPSA) is 85.9 Å². The Morgan fingerprint density at radius 2 is 2.29 bits per heavy atom. The summed E-state index contributed by atoms with van der Waals surface area (Å²) in [6, 6.07) is 3.92. The molecule has 1 N–H and O–H groups in total. The second-order valence-electron chi connectivity index (χ2n) is 5.41. The highest BCUT2D eigenvalue weighted by Gasteiger charge is 2.35. The third-order valence-corrected chi connectivity index (χ3v) is 3.80. The van der Waals surface area contributed by atoms with E-state index in [1.807, 2.05) is 18.3 Å². The minimum atomic E-state index is -0.377. The molecule has 0 bridgehead atoms. The lowest BCUT2D eigenvalue weighted by molar-refractivity contribution is -0.384. The van der Waals surface area contributed by atoms with Crippen LogP contribution < -0.4 is 5.32 Å².